The molecule has 0 saturated carbocycles. The number of hydrogen-bond donors (Lipinski definition) is 1. The number of methoxy groups -OCH3 is 2. The lowest BCUT2D eigenvalue weighted by molar-refractivity contribution is 0.105. The number of nitrogens with one attached hydrogen (secondary N) is 1. The normalized spacial score (nSPS) is 24.2. The molecule has 4 heteroatoms. The Morgan fingerprint density at radius 1 is 1.26 bits per heavy atom. The summed E-state index contributed by atoms with van der Waals surface area (Å²) in [4.78, 5) is 2.43. The average Bonchev–Trinajstić information content (AvgIpc) is 2.42. The van der Waals surface area contributed by atoms with Crippen LogP contribution in [0.2, 0.25) is 0 Å². The van der Waals surface area contributed by atoms with Crippen LogP contribution in [0.3, 0.4) is 0 Å². The van der Waals surface area contributed by atoms with E-state index in [1.807, 2.05) is 6.07 Å². The van der Waals surface area contributed by atoms with Crippen LogP contribution >= 0.6 is 0 Å². The van der Waals surface area contributed by atoms with Gasteiger partial charge in [-0.15, -0.1) is 0 Å². The second kappa shape index (κ2) is 5.80. The summed E-state index contributed by atoms with van der Waals surface area (Å²) in [5, 5.41) is 3.48. The van der Waals surface area contributed by atoms with E-state index in [0.717, 1.165) is 37.6 Å². The van der Waals surface area contributed by atoms with Crippen molar-refractivity contribution in [3.8, 4) is 11.5 Å². The van der Waals surface area contributed by atoms with Crippen molar-refractivity contribution in [2.45, 2.75) is 18.9 Å². The molecule has 0 spiro atoms. The van der Waals surface area contributed by atoms with Crippen molar-refractivity contribution >= 4 is 0 Å². The Morgan fingerprint density at radius 2 is 2.00 bits per heavy atom. The lowest BCUT2D eigenvalue weighted by Gasteiger charge is -2.43. The fourth-order valence-electron chi connectivity index (χ4n) is 2.64. The number of rotatable bonds is 4. The summed E-state index contributed by atoms with van der Waals surface area (Å²) in [7, 11) is 5.54. The molecule has 1 saturated heterocycles. The Labute approximate surface area is 115 Å². The highest BCUT2D eigenvalue weighted by atomic mass is 16.5. The molecule has 4 nitrogen and oxygen atoms in total. The quantitative estimate of drug-likeness (QED) is 0.894. The summed E-state index contributed by atoms with van der Waals surface area (Å²) < 4.78 is 10.7. The van der Waals surface area contributed by atoms with E-state index in [0.29, 0.717) is 0 Å². The monoisotopic (exact) mass is 264 g/mol. The number of benzene rings is 1. The van der Waals surface area contributed by atoms with Crippen LogP contribution in [0.25, 0.3) is 0 Å². The van der Waals surface area contributed by atoms with Gasteiger partial charge in [-0.3, -0.25) is 4.90 Å². The maximum Gasteiger partial charge on any atom is 0.160 e. The third-order valence-corrected chi connectivity index (χ3v) is 4.08. The predicted octanol–water partition coefficient (Wildman–Crippen LogP) is 1.54. The smallest absolute Gasteiger partial charge is 0.160 e. The van der Waals surface area contributed by atoms with Crippen molar-refractivity contribution < 1.29 is 9.47 Å². The zero-order valence-electron chi connectivity index (χ0n) is 12.3. The van der Waals surface area contributed by atoms with Gasteiger partial charge in [-0.2, -0.15) is 0 Å². The Hall–Kier alpha value is -1.26. The van der Waals surface area contributed by atoms with E-state index >= 15 is 0 Å². The van der Waals surface area contributed by atoms with E-state index in [1.165, 1.54) is 5.56 Å². The number of ether oxygens (including phenoxy) is 2. The highest BCUT2D eigenvalue weighted by Crippen LogP contribution is 2.30. The summed E-state index contributed by atoms with van der Waals surface area (Å²) in [6.45, 7) is 5.47. The molecule has 1 heterocycles. The van der Waals surface area contributed by atoms with Crippen LogP contribution in [0.4, 0.5) is 0 Å². The van der Waals surface area contributed by atoms with Gasteiger partial charge in [0.2, 0.25) is 0 Å². The fraction of sp³-hybridized carbons (Fsp3) is 0.600. The van der Waals surface area contributed by atoms with Crippen molar-refractivity contribution in [1.29, 1.82) is 0 Å². The molecule has 1 aliphatic heterocycles. The van der Waals surface area contributed by atoms with Gasteiger partial charge in [-0.25, -0.2) is 0 Å². The van der Waals surface area contributed by atoms with Gasteiger partial charge < -0.3 is 14.8 Å². The SMILES string of the molecule is COc1ccc(CC2(C)CNCCN2C)cc1OC. The third kappa shape index (κ3) is 3.01. The molecule has 0 aliphatic carbocycles. The van der Waals surface area contributed by atoms with Crippen molar-refractivity contribution in [3.63, 3.8) is 0 Å². The first-order chi connectivity index (χ1) is 9.09. The maximum atomic E-state index is 5.37. The van der Waals surface area contributed by atoms with Gasteiger partial charge in [0.1, 0.15) is 0 Å². The van der Waals surface area contributed by atoms with E-state index in [-0.39, 0.29) is 5.54 Å². The first-order valence-electron chi connectivity index (χ1n) is 6.72. The molecule has 1 aliphatic rings. The molecule has 0 bridgehead atoms. The average molecular weight is 264 g/mol. The maximum absolute atomic E-state index is 5.37. The molecule has 1 unspecified atom stereocenters. The highest BCUT2D eigenvalue weighted by molar-refractivity contribution is 5.43. The lowest BCUT2D eigenvalue weighted by atomic mass is 9.89. The summed E-state index contributed by atoms with van der Waals surface area (Å²) in [5.41, 5.74) is 1.42. The van der Waals surface area contributed by atoms with Crippen LogP contribution in [0.15, 0.2) is 18.2 Å². The molecule has 0 radical (unpaired) electrons. The molecule has 19 heavy (non-hydrogen) atoms. The molecule has 1 aromatic rings. The molecule has 1 atom stereocenters. The molecule has 106 valence electrons. The van der Waals surface area contributed by atoms with Gasteiger partial charge in [-0.05, 0) is 38.1 Å². The van der Waals surface area contributed by atoms with Gasteiger partial charge in [0, 0.05) is 25.2 Å². The van der Waals surface area contributed by atoms with Crippen LogP contribution < -0.4 is 14.8 Å². The number of piperazine rings is 1. The standard InChI is InChI=1S/C15H24N2O2/c1-15(11-16-7-8-17(15)2)10-12-5-6-13(18-3)14(9-12)19-4/h5-6,9,16H,7-8,10-11H2,1-4H3. The van der Waals surface area contributed by atoms with Crippen LogP contribution in [0.1, 0.15) is 12.5 Å². The first kappa shape index (κ1) is 14.2. The minimum Gasteiger partial charge on any atom is -0.493 e. The number of likely N-dealkylation sites (N-methyl/N-ethyl adjacent to an activating group) is 1. The van der Waals surface area contributed by atoms with Crippen LogP contribution in [-0.4, -0.2) is 51.3 Å². The minimum absolute atomic E-state index is 0.151. The Kier molecular flexibility index (Phi) is 4.32. The molecule has 0 aromatic heterocycles. The highest BCUT2D eigenvalue weighted by Gasteiger charge is 2.31. The van der Waals surface area contributed by atoms with Crippen molar-refractivity contribution in [1.82, 2.24) is 10.2 Å². The zero-order valence-corrected chi connectivity index (χ0v) is 12.3. The molecular formula is C15H24N2O2. The second-order valence-corrected chi connectivity index (χ2v) is 5.46. The second-order valence-electron chi connectivity index (χ2n) is 5.46. The first-order valence-corrected chi connectivity index (χ1v) is 6.72. The Balaban J connectivity index is 2.18. The molecule has 0 amide bonds. The van der Waals surface area contributed by atoms with Gasteiger partial charge >= 0.3 is 0 Å². The van der Waals surface area contributed by atoms with Crippen molar-refractivity contribution in [3.05, 3.63) is 23.8 Å². The van der Waals surface area contributed by atoms with E-state index in [4.69, 9.17) is 9.47 Å². The van der Waals surface area contributed by atoms with Gasteiger partial charge in [0.25, 0.3) is 0 Å². The van der Waals surface area contributed by atoms with E-state index in [9.17, 15) is 0 Å². The Bertz CT molecular complexity index is 436. The summed E-state index contributed by atoms with van der Waals surface area (Å²) in [6.07, 6.45) is 0.997. The molecule has 2 rings (SSSR count). The Morgan fingerprint density at radius 3 is 2.63 bits per heavy atom. The van der Waals surface area contributed by atoms with Gasteiger partial charge in [0.05, 0.1) is 14.2 Å². The zero-order chi connectivity index (χ0) is 13.9. The minimum atomic E-state index is 0.151. The molecule has 1 N–H and O–H groups in total. The van der Waals surface area contributed by atoms with Gasteiger partial charge in [0.15, 0.2) is 11.5 Å². The largest absolute Gasteiger partial charge is 0.493 e. The fourth-order valence-corrected chi connectivity index (χ4v) is 2.64. The van der Waals surface area contributed by atoms with Crippen LogP contribution in [0.5, 0.6) is 11.5 Å². The topological polar surface area (TPSA) is 33.7 Å². The van der Waals surface area contributed by atoms with Crippen molar-refractivity contribution in [2.75, 3.05) is 40.9 Å². The lowest BCUT2D eigenvalue weighted by Crippen LogP contribution is -2.59. The predicted molar refractivity (Wildman–Crippen MR) is 77.2 cm³/mol. The van der Waals surface area contributed by atoms with Crippen LogP contribution in [0, 0.1) is 0 Å². The molecular weight excluding hydrogens is 240 g/mol. The third-order valence-electron chi connectivity index (χ3n) is 4.08. The summed E-state index contributed by atoms with van der Waals surface area (Å²) in [5.74, 6) is 1.58. The van der Waals surface area contributed by atoms with Gasteiger partial charge in [-0.1, -0.05) is 6.07 Å². The van der Waals surface area contributed by atoms with E-state index < -0.39 is 0 Å². The molecule has 1 aromatic carbocycles. The van der Waals surface area contributed by atoms with Crippen molar-refractivity contribution in [2.24, 2.45) is 0 Å². The number of hydrogen-bond acceptors (Lipinski definition) is 4. The summed E-state index contributed by atoms with van der Waals surface area (Å²) in [6, 6.07) is 6.18. The van der Waals surface area contributed by atoms with E-state index in [2.05, 4.69) is 36.3 Å². The number of nitrogens with zero attached hydrogens (tertiary/aromatic N) is 1. The van der Waals surface area contributed by atoms with E-state index in [1.54, 1.807) is 14.2 Å². The summed E-state index contributed by atoms with van der Waals surface area (Å²) >= 11 is 0. The molecule has 1 fully saturated rings. The van der Waals surface area contributed by atoms with Crippen LogP contribution in [-0.2, 0) is 6.42 Å².